The van der Waals surface area contributed by atoms with Gasteiger partial charge < -0.3 is 10.4 Å². The Balaban J connectivity index is 1.89. The molecule has 8 nitrogen and oxygen atoms in total. The van der Waals surface area contributed by atoms with E-state index in [1.165, 1.54) is 12.1 Å². The maximum Gasteiger partial charge on any atom is 0.325 e. The zero-order chi connectivity index (χ0) is 22.1. The molecule has 2 N–H and O–H groups in total. The van der Waals surface area contributed by atoms with Gasteiger partial charge in [0, 0.05) is 0 Å². The zero-order valence-corrected chi connectivity index (χ0v) is 17.9. The van der Waals surface area contributed by atoms with Crippen molar-refractivity contribution >= 4 is 27.6 Å². The molecule has 3 amide bonds. The van der Waals surface area contributed by atoms with Crippen LogP contribution in [0.3, 0.4) is 0 Å². The van der Waals surface area contributed by atoms with Crippen LogP contribution < -0.4 is 9.62 Å². The van der Waals surface area contributed by atoms with Crippen molar-refractivity contribution in [2.24, 2.45) is 0 Å². The fourth-order valence-corrected chi connectivity index (χ4v) is 4.74. The lowest BCUT2D eigenvalue weighted by Gasteiger charge is -2.28. The number of imide groups is 1. The fourth-order valence-electron chi connectivity index (χ4n) is 3.22. The Hall–Kier alpha value is -2.91. The molecular weight excluding hydrogens is 406 g/mol. The van der Waals surface area contributed by atoms with E-state index >= 15 is 0 Å². The molecule has 0 bridgehead atoms. The normalized spacial score (nSPS) is 17.0. The van der Waals surface area contributed by atoms with E-state index in [-0.39, 0.29) is 18.0 Å². The first-order valence-corrected chi connectivity index (χ1v) is 10.9. The minimum Gasteiger partial charge on any atom is -0.389 e. The number of sulfonamides is 1. The minimum absolute atomic E-state index is 0.0777. The van der Waals surface area contributed by atoms with E-state index in [1.54, 1.807) is 56.3 Å². The van der Waals surface area contributed by atoms with Crippen molar-refractivity contribution in [3.63, 3.8) is 0 Å². The molecule has 0 unspecified atom stereocenters. The molecule has 30 heavy (non-hydrogen) atoms. The number of amides is 3. The van der Waals surface area contributed by atoms with Crippen LogP contribution in [-0.4, -0.2) is 55.1 Å². The number of anilines is 1. The van der Waals surface area contributed by atoms with E-state index in [0.29, 0.717) is 5.69 Å². The lowest BCUT2D eigenvalue weighted by Crippen LogP contribution is -2.45. The van der Waals surface area contributed by atoms with Crippen LogP contribution in [0.15, 0.2) is 59.5 Å². The summed E-state index contributed by atoms with van der Waals surface area (Å²) >= 11 is 0. The molecule has 1 heterocycles. The van der Waals surface area contributed by atoms with E-state index in [4.69, 9.17) is 0 Å². The Labute approximate surface area is 176 Å². The van der Waals surface area contributed by atoms with Crippen LogP contribution in [0.5, 0.6) is 0 Å². The molecule has 3 rings (SSSR count). The topological polar surface area (TPSA) is 107 Å². The SMILES string of the molecule is Cc1ccc(N(C[C@@H](O)CN2C(=O)NC(C)(C)C2=O)S(=O)(=O)c2ccccc2)cc1. The Bertz CT molecular complexity index is 1040. The van der Waals surface area contributed by atoms with Gasteiger partial charge in [0.2, 0.25) is 0 Å². The van der Waals surface area contributed by atoms with Crippen LogP contribution in [0, 0.1) is 6.92 Å². The molecule has 1 aliphatic rings. The number of aryl methyl sites for hydroxylation is 1. The number of hydrogen-bond donors (Lipinski definition) is 2. The molecule has 0 spiro atoms. The second-order valence-electron chi connectivity index (χ2n) is 7.81. The summed E-state index contributed by atoms with van der Waals surface area (Å²) in [5, 5.41) is 13.2. The maximum absolute atomic E-state index is 13.3. The van der Waals surface area contributed by atoms with Crippen LogP contribution in [0.2, 0.25) is 0 Å². The van der Waals surface area contributed by atoms with Crippen molar-refractivity contribution in [1.82, 2.24) is 10.2 Å². The van der Waals surface area contributed by atoms with Gasteiger partial charge in [0.05, 0.1) is 29.8 Å². The second kappa shape index (κ2) is 8.08. The van der Waals surface area contributed by atoms with Crippen LogP contribution in [-0.2, 0) is 14.8 Å². The first kappa shape index (κ1) is 21.8. The third-order valence-corrected chi connectivity index (χ3v) is 6.68. The monoisotopic (exact) mass is 431 g/mol. The van der Waals surface area contributed by atoms with Crippen LogP contribution >= 0.6 is 0 Å². The molecule has 9 heteroatoms. The number of hydrogen-bond acceptors (Lipinski definition) is 5. The quantitative estimate of drug-likeness (QED) is 0.651. The summed E-state index contributed by atoms with van der Waals surface area (Å²) in [4.78, 5) is 25.5. The van der Waals surface area contributed by atoms with E-state index in [9.17, 15) is 23.1 Å². The number of carbonyl (C=O) groups is 2. The standard InChI is InChI=1S/C21H25N3O5S/c1-15-9-11-16(12-10-15)24(30(28,29)18-7-5-4-6-8-18)14-17(25)13-23-19(26)21(2,3)22-20(23)27/h4-12,17,25H,13-14H2,1-3H3,(H,22,27)/t17-/m0/s1. The summed E-state index contributed by atoms with van der Waals surface area (Å²) in [5.41, 5.74) is 0.266. The van der Waals surface area contributed by atoms with Crippen molar-refractivity contribution in [2.45, 2.75) is 37.3 Å². The fraction of sp³-hybridized carbons (Fsp3) is 0.333. The van der Waals surface area contributed by atoms with E-state index in [2.05, 4.69) is 5.32 Å². The molecular formula is C21H25N3O5S. The molecule has 1 fully saturated rings. The maximum atomic E-state index is 13.3. The zero-order valence-electron chi connectivity index (χ0n) is 17.1. The van der Waals surface area contributed by atoms with Gasteiger partial charge in [-0.3, -0.25) is 14.0 Å². The number of nitrogens with one attached hydrogen (secondary N) is 1. The van der Waals surface area contributed by atoms with Crippen molar-refractivity contribution in [3.05, 3.63) is 60.2 Å². The Morgan fingerprint density at radius 2 is 1.67 bits per heavy atom. The summed E-state index contributed by atoms with van der Waals surface area (Å²) in [5.74, 6) is -0.473. The third kappa shape index (κ3) is 4.31. The van der Waals surface area contributed by atoms with E-state index < -0.39 is 33.6 Å². The summed E-state index contributed by atoms with van der Waals surface area (Å²) in [6, 6.07) is 14.1. The van der Waals surface area contributed by atoms with Gasteiger partial charge in [-0.15, -0.1) is 0 Å². The number of aliphatic hydroxyl groups excluding tert-OH is 1. The van der Waals surface area contributed by atoms with Crippen molar-refractivity contribution in [2.75, 3.05) is 17.4 Å². The van der Waals surface area contributed by atoms with Crippen molar-refractivity contribution in [1.29, 1.82) is 0 Å². The molecule has 160 valence electrons. The van der Waals surface area contributed by atoms with Gasteiger partial charge >= 0.3 is 6.03 Å². The first-order valence-electron chi connectivity index (χ1n) is 9.49. The van der Waals surface area contributed by atoms with Crippen LogP contribution in [0.25, 0.3) is 0 Å². The highest BCUT2D eigenvalue weighted by Gasteiger charge is 2.45. The summed E-state index contributed by atoms with van der Waals surface area (Å²) in [7, 11) is -3.98. The summed E-state index contributed by atoms with van der Waals surface area (Å²) in [6.45, 7) is 4.38. The predicted octanol–water partition coefficient (Wildman–Crippen LogP) is 1.88. The first-order chi connectivity index (χ1) is 14.0. The number of carbonyl (C=O) groups excluding carboxylic acids is 2. The van der Waals surface area contributed by atoms with Crippen molar-refractivity contribution in [3.8, 4) is 0 Å². The molecule has 0 radical (unpaired) electrons. The van der Waals surface area contributed by atoms with E-state index in [1.807, 2.05) is 6.92 Å². The number of nitrogens with zero attached hydrogens (tertiary/aromatic N) is 2. The smallest absolute Gasteiger partial charge is 0.325 e. The second-order valence-corrected chi connectivity index (χ2v) is 9.67. The molecule has 0 aliphatic carbocycles. The van der Waals surface area contributed by atoms with Gasteiger partial charge in [0.25, 0.3) is 15.9 Å². The van der Waals surface area contributed by atoms with E-state index in [0.717, 1.165) is 14.8 Å². The largest absolute Gasteiger partial charge is 0.389 e. The highest BCUT2D eigenvalue weighted by molar-refractivity contribution is 7.92. The molecule has 2 aromatic rings. The van der Waals surface area contributed by atoms with Gasteiger partial charge in [-0.05, 0) is 45.0 Å². The number of urea groups is 1. The van der Waals surface area contributed by atoms with Gasteiger partial charge in [0.15, 0.2) is 0 Å². The number of benzene rings is 2. The Kier molecular flexibility index (Phi) is 5.87. The number of β-amino-alcohol motifs (C(OH)–C–C–N with tert-alkyl or cyclic N) is 1. The van der Waals surface area contributed by atoms with Gasteiger partial charge in [-0.25, -0.2) is 13.2 Å². The third-order valence-electron chi connectivity index (χ3n) is 4.87. The highest BCUT2D eigenvalue weighted by Crippen LogP contribution is 2.25. The minimum atomic E-state index is -3.98. The number of rotatable bonds is 7. The molecule has 0 saturated carbocycles. The average Bonchev–Trinajstić information content (AvgIpc) is 2.89. The average molecular weight is 432 g/mol. The predicted molar refractivity (Wildman–Crippen MR) is 112 cm³/mol. The molecule has 1 saturated heterocycles. The lowest BCUT2D eigenvalue weighted by atomic mass is 10.1. The molecule has 1 atom stereocenters. The Morgan fingerprint density at radius 1 is 1.07 bits per heavy atom. The molecule has 0 aromatic heterocycles. The van der Waals surface area contributed by atoms with Gasteiger partial charge in [-0.1, -0.05) is 35.9 Å². The molecule has 2 aromatic carbocycles. The van der Waals surface area contributed by atoms with Crippen LogP contribution in [0.4, 0.5) is 10.5 Å². The number of aliphatic hydroxyl groups is 1. The Morgan fingerprint density at radius 3 is 2.20 bits per heavy atom. The van der Waals surface area contributed by atoms with Crippen LogP contribution in [0.1, 0.15) is 19.4 Å². The molecule has 1 aliphatic heterocycles. The van der Waals surface area contributed by atoms with Crippen molar-refractivity contribution < 1.29 is 23.1 Å². The van der Waals surface area contributed by atoms with Gasteiger partial charge in [-0.2, -0.15) is 0 Å². The summed E-state index contributed by atoms with van der Waals surface area (Å²) in [6.07, 6.45) is -1.28. The van der Waals surface area contributed by atoms with Gasteiger partial charge in [0.1, 0.15) is 5.54 Å². The highest BCUT2D eigenvalue weighted by atomic mass is 32.2. The lowest BCUT2D eigenvalue weighted by molar-refractivity contribution is -0.131. The summed E-state index contributed by atoms with van der Waals surface area (Å²) < 4.78 is 27.6.